The van der Waals surface area contributed by atoms with E-state index in [1.165, 1.54) is 11.3 Å². The molecule has 0 aliphatic carbocycles. The zero-order chi connectivity index (χ0) is 12.3. The Morgan fingerprint density at radius 1 is 1.35 bits per heavy atom. The van der Waals surface area contributed by atoms with Crippen LogP contribution in [-0.4, -0.2) is 21.3 Å². The molecule has 5 nitrogen and oxygen atoms in total. The number of nitrogens with one attached hydrogen (secondary N) is 1. The van der Waals surface area contributed by atoms with Gasteiger partial charge in [0, 0.05) is 0 Å². The molecule has 2 N–H and O–H groups in total. The van der Waals surface area contributed by atoms with Gasteiger partial charge in [0.15, 0.2) is 6.04 Å². The summed E-state index contributed by atoms with van der Waals surface area (Å²) in [5, 5.41) is 21.1. The van der Waals surface area contributed by atoms with Gasteiger partial charge in [-0.1, -0.05) is 41.7 Å². The lowest BCUT2D eigenvalue weighted by atomic mass is 10.1. The van der Waals surface area contributed by atoms with E-state index in [1.807, 2.05) is 13.0 Å². The first-order valence-electron chi connectivity index (χ1n) is 5.01. The van der Waals surface area contributed by atoms with E-state index >= 15 is 0 Å². The monoisotopic (exact) mass is 249 g/mol. The molecule has 0 amide bonds. The van der Waals surface area contributed by atoms with Crippen LogP contribution in [0.2, 0.25) is 0 Å². The Labute approximate surface area is 102 Å². The number of benzene rings is 1. The van der Waals surface area contributed by atoms with Gasteiger partial charge in [0.05, 0.1) is 0 Å². The largest absolute Gasteiger partial charge is 0.479 e. The van der Waals surface area contributed by atoms with Crippen molar-refractivity contribution in [2.45, 2.75) is 13.0 Å². The molecular weight excluding hydrogens is 238 g/mol. The van der Waals surface area contributed by atoms with Gasteiger partial charge < -0.3 is 10.4 Å². The molecule has 1 aromatic heterocycles. The minimum atomic E-state index is -0.941. The van der Waals surface area contributed by atoms with Gasteiger partial charge in [0.25, 0.3) is 0 Å². The smallest absolute Gasteiger partial charge is 0.330 e. The summed E-state index contributed by atoms with van der Waals surface area (Å²) in [5.74, 6) is -0.941. The van der Waals surface area contributed by atoms with Gasteiger partial charge >= 0.3 is 5.97 Å². The summed E-state index contributed by atoms with van der Waals surface area (Å²) in [5.41, 5.74) is 0.688. The second-order valence-electron chi connectivity index (χ2n) is 3.45. The summed E-state index contributed by atoms with van der Waals surface area (Å²) in [7, 11) is 0. The second-order valence-corrected chi connectivity index (χ2v) is 4.63. The Bertz CT molecular complexity index is 512. The second kappa shape index (κ2) is 4.92. The first-order chi connectivity index (χ1) is 8.16. The van der Waals surface area contributed by atoms with Gasteiger partial charge in [0.2, 0.25) is 5.13 Å². The van der Waals surface area contributed by atoms with Crippen molar-refractivity contribution in [2.75, 3.05) is 5.32 Å². The summed E-state index contributed by atoms with van der Waals surface area (Å²) in [6.45, 7) is 1.82. The third-order valence-corrected chi connectivity index (χ3v) is 2.94. The van der Waals surface area contributed by atoms with E-state index in [-0.39, 0.29) is 0 Å². The molecule has 0 spiro atoms. The minimum absolute atomic E-state index is 0.513. The highest BCUT2D eigenvalue weighted by Gasteiger charge is 2.20. The molecule has 0 saturated carbocycles. The zero-order valence-electron chi connectivity index (χ0n) is 9.12. The van der Waals surface area contributed by atoms with Crippen LogP contribution in [0.4, 0.5) is 5.13 Å². The van der Waals surface area contributed by atoms with Gasteiger partial charge in [-0.2, -0.15) is 0 Å². The van der Waals surface area contributed by atoms with Gasteiger partial charge in [-0.25, -0.2) is 4.79 Å². The molecule has 1 unspecified atom stereocenters. The molecule has 2 aromatic rings. The van der Waals surface area contributed by atoms with Crippen molar-refractivity contribution in [3.63, 3.8) is 0 Å². The summed E-state index contributed by atoms with van der Waals surface area (Å²) in [6, 6.07) is 8.18. The molecule has 0 aliphatic heterocycles. The number of aryl methyl sites for hydroxylation is 1. The zero-order valence-corrected chi connectivity index (χ0v) is 9.94. The third kappa shape index (κ3) is 2.79. The molecule has 0 radical (unpaired) electrons. The highest BCUT2D eigenvalue weighted by molar-refractivity contribution is 7.15. The number of nitrogens with zero attached hydrogens (tertiary/aromatic N) is 2. The number of anilines is 1. The molecule has 0 bridgehead atoms. The maximum absolute atomic E-state index is 11.2. The maximum atomic E-state index is 11.2. The molecule has 1 heterocycles. The van der Waals surface area contributed by atoms with Crippen molar-refractivity contribution >= 4 is 22.4 Å². The van der Waals surface area contributed by atoms with E-state index in [2.05, 4.69) is 15.5 Å². The Morgan fingerprint density at radius 3 is 2.59 bits per heavy atom. The first-order valence-corrected chi connectivity index (χ1v) is 5.83. The quantitative estimate of drug-likeness (QED) is 0.867. The molecule has 1 atom stereocenters. The van der Waals surface area contributed by atoms with Gasteiger partial charge in [-0.05, 0) is 12.5 Å². The lowest BCUT2D eigenvalue weighted by molar-refractivity contribution is -0.138. The highest BCUT2D eigenvalue weighted by Crippen LogP contribution is 2.22. The molecule has 0 saturated heterocycles. The number of aromatic nitrogens is 2. The molecule has 1 aromatic carbocycles. The number of carboxylic acids is 1. The third-order valence-electron chi connectivity index (χ3n) is 2.17. The molecule has 0 fully saturated rings. The SMILES string of the molecule is Cc1nnc(NC(C(=O)O)c2ccccc2)s1. The van der Waals surface area contributed by atoms with Crippen molar-refractivity contribution < 1.29 is 9.90 Å². The Kier molecular flexibility index (Phi) is 3.34. The average molecular weight is 249 g/mol. The van der Waals surface area contributed by atoms with Crippen LogP contribution in [0, 0.1) is 6.92 Å². The Balaban J connectivity index is 2.22. The normalized spacial score (nSPS) is 12.1. The molecule has 2 rings (SSSR count). The van der Waals surface area contributed by atoms with E-state index in [0.717, 1.165) is 5.01 Å². The van der Waals surface area contributed by atoms with E-state index < -0.39 is 12.0 Å². The topological polar surface area (TPSA) is 75.1 Å². The fourth-order valence-corrected chi connectivity index (χ4v) is 2.03. The fourth-order valence-electron chi connectivity index (χ4n) is 1.41. The number of carboxylic acid groups (broad SMARTS) is 1. The van der Waals surface area contributed by atoms with Crippen LogP contribution in [0.1, 0.15) is 16.6 Å². The summed E-state index contributed by atoms with van der Waals surface area (Å²) < 4.78 is 0. The fraction of sp³-hybridized carbons (Fsp3) is 0.182. The van der Waals surface area contributed by atoms with E-state index in [0.29, 0.717) is 10.7 Å². The molecule has 6 heteroatoms. The van der Waals surface area contributed by atoms with Crippen LogP contribution in [0.25, 0.3) is 0 Å². The number of hydrogen-bond donors (Lipinski definition) is 2. The number of rotatable bonds is 4. The van der Waals surface area contributed by atoms with Crippen LogP contribution >= 0.6 is 11.3 Å². The van der Waals surface area contributed by atoms with Gasteiger partial charge in [0.1, 0.15) is 5.01 Å². The van der Waals surface area contributed by atoms with E-state index in [1.54, 1.807) is 24.3 Å². The van der Waals surface area contributed by atoms with Crippen LogP contribution < -0.4 is 5.32 Å². The number of hydrogen-bond acceptors (Lipinski definition) is 5. The molecular formula is C11H11N3O2S. The summed E-state index contributed by atoms with van der Waals surface area (Å²) in [6.07, 6.45) is 0. The van der Waals surface area contributed by atoms with Crippen molar-refractivity contribution in [2.24, 2.45) is 0 Å². The molecule has 0 aliphatic rings. The predicted octanol–water partition coefficient (Wildman–Crippen LogP) is 2.08. The standard InChI is InChI=1S/C11H11N3O2S/c1-7-13-14-11(17-7)12-9(10(15)16)8-5-3-2-4-6-8/h2-6,9H,1H3,(H,12,14)(H,15,16). The molecule has 88 valence electrons. The highest BCUT2D eigenvalue weighted by atomic mass is 32.1. The van der Waals surface area contributed by atoms with Crippen LogP contribution in [0.15, 0.2) is 30.3 Å². The average Bonchev–Trinajstić information content (AvgIpc) is 2.73. The Hall–Kier alpha value is -1.95. The maximum Gasteiger partial charge on any atom is 0.330 e. The predicted molar refractivity (Wildman–Crippen MR) is 65.1 cm³/mol. The van der Waals surface area contributed by atoms with Crippen molar-refractivity contribution in [3.05, 3.63) is 40.9 Å². The number of aliphatic carboxylic acids is 1. The summed E-state index contributed by atoms with van der Waals surface area (Å²) in [4.78, 5) is 11.2. The minimum Gasteiger partial charge on any atom is -0.479 e. The number of carbonyl (C=O) groups is 1. The molecule has 17 heavy (non-hydrogen) atoms. The lowest BCUT2D eigenvalue weighted by Gasteiger charge is -2.13. The van der Waals surface area contributed by atoms with Crippen molar-refractivity contribution in [1.29, 1.82) is 0 Å². The first kappa shape index (κ1) is 11.5. The van der Waals surface area contributed by atoms with Gasteiger partial charge in [-0.3, -0.25) is 0 Å². The van der Waals surface area contributed by atoms with E-state index in [4.69, 9.17) is 0 Å². The van der Waals surface area contributed by atoms with Crippen LogP contribution in [0.5, 0.6) is 0 Å². The van der Waals surface area contributed by atoms with Crippen molar-refractivity contribution in [1.82, 2.24) is 10.2 Å². The van der Waals surface area contributed by atoms with Crippen LogP contribution in [-0.2, 0) is 4.79 Å². The summed E-state index contributed by atoms with van der Waals surface area (Å²) >= 11 is 1.33. The van der Waals surface area contributed by atoms with Gasteiger partial charge in [-0.15, -0.1) is 10.2 Å². The lowest BCUT2D eigenvalue weighted by Crippen LogP contribution is -2.20. The van der Waals surface area contributed by atoms with Crippen LogP contribution in [0.3, 0.4) is 0 Å². The van der Waals surface area contributed by atoms with E-state index in [9.17, 15) is 9.90 Å². The Morgan fingerprint density at radius 2 is 2.06 bits per heavy atom. The van der Waals surface area contributed by atoms with Crippen molar-refractivity contribution in [3.8, 4) is 0 Å².